The Morgan fingerprint density at radius 3 is 2.31 bits per heavy atom. The third-order valence-corrected chi connectivity index (χ3v) is 7.66. The van der Waals surface area contributed by atoms with Gasteiger partial charge < -0.3 is 65.1 Å². The molecule has 3 aliphatic rings. The maximum absolute atomic E-state index is 12.9. The van der Waals surface area contributed by atoms with E-state index in [4.69, 9.17) is 18.9 Å². The van der Waals surface area contributed by atoms with E-state index in [2.05, 4.69) is 5.32 Å². The van der Waals surface area contributed by atoms with Crippen LogP contribution in [0.3, 0.4) is 0 Å². The first kappa shape index (κ1) is 28.6. The fourth-order valence-corrected chi connectivity index (χ4v) is 5.62. The summed E-state index contributed by atoms with van der Waals surface area (Å²) < 4.78 is 22.7. The number of fused-ring (bicyclic) bond motifs is 1. The zero-order valence-electron chi connectivity index (χ0n) is 20.0. The highest BCUT2D eigenvalue weighted by atomic mass is 16.7. The van der Waals surface area contributed by atoms with Crippen molar-refractivity contribution in [3.63, 3.8) is 0 Å². The first-order chi connectivity index (χ1) is 16.3. The normalized spacial score (nSPS) is 47.5. The molecule has 9 N–H and O–H groups in total. The number of rotatable bonds is 6. The smallest absolute Gasteiger partial charge is 0.340 e. The minimum atomic E-state index is -2.42. The predicted octanol–water partition coefficient (Wildman–Crippen LogP) is -4.49. The Hall–Kier alpha value is -1.01. The summed E-state index contributed by atoms with van der Waals surface area (Å²) in [5.74, 6) is -2.51. The van der Waals surface area contributed by atoms with Gasteiger partial charge in [-0.1, -0.05) is 6.92 Å². The van der Waals surface area contributed by atoms with Gasteiger partial charge in [-0.25, -0.2) is 4.79 Å². The number of ether oxygens (including phenoxy) is 4. The molecular weight excluding hydrogens is 474 g/mol. The molecule has 6 unspecified atom stereocenters. The van der Waals surface area contributed by atoms with Crippen LogP contribution in [0, 0.1) is 5.92 Å². The Bertz CT molecular complexity index is 752. The Morgan fingerprint density at radius 2 is 1.80 bits per heavy atom. The fraction of sp³-hybridized carbons (Fsp3) is 0.952. The molecule has 1 spiro atoms. The van der Waals surface area contributed by atoms with Crippen molar-refractivity contribution >= 4 is 5.97 Å². The van der Waals surface area contributed by atoms with Crippen LogP contribution in [0.2, 0.25) is 0 Å². The molecule has 0 bridgehead atoms. The number of aliphatic carboxylic acids is 1. The second kappa shape index (κ2) is 10.0. The molecule has 204 valence electrons. The summed E-state index contributed by atoms with van der Waals surface area (Å²) in [6.07, 6.45) is -12.3. The molecule has 0 aliphatic carbocycles. The van der Waals surface area contributed by atoms with Crippen LogP contribution in [-0.4, -0.2) is 146 Å². The van der Waals surface area contributed by atoms with Gasteiger partial charge in [-0.3, -0.25) is 0 Å². The van der Waals surface area contributed by atoms with Gasteiger partial charge in [0.1, 0.15) is 41.7 Å². The highest BCUT2D eigenvalue weighted by molar-refractivity contribution is 5.81. The molecule has 0 amide bonds. The molecule has 3 saturated heterocycles. The second-order valence-corrected chi connectivity index (χ2v) is 9.99. The number of aliphatic hydroxyl groups is 7. The van der Waals surface area contributed by atoms with Crippen LogP contribution in [0.15, 0.2) is 0 Å². The molecule has 0 aromatic rings. The number of carbonyl (C=O) groups is 1. The highest BCUT2D eigenvalue weighted by Gasteiger charge is 2.72. The molecule has 12 atom stereocenters. The SMILES string of the molecule is CO[C@@H]1OC(CO)[C@H](O)[C@@]2(CNC3[C@@H](O)[C@@H](C)C(C(O)C(O)CO)O[C@]3(C(=O)O)C(C)(C)O2)C1O. The van der Waals surface area contributed by atoms with E-state index in [0.29, 0.717) is 0 Å². The summed E-state index contributed by atoms with van der Waals surface area (Å²) in [6, 6.07) is -1.38. The summed E-state index contributed by atoms with van der Waals surface area (Å²) in [5, 5.41) is 86.3. The minimum absolute atomic E-state index is 0.405. The van der Waals surface area contributed by atoms with Crippen molar-refractivity contribution in [3.8, 4) is 0 Å². The highest BCUT2D eigenvalue weighted by Crippen LogP contribution is 2.49. The lowest BCUT2D eigenvalue weighted by Gasteiger charge is -2.56. The molecule has 0 radical (unpaired) electrons. The van der Waals surface area contributed by atoms with Gasteiger partial charge in [-0.05, 0) is 13.8 Å². The van der Waals surface area contributed by atoms with E-state index in [1.807, 2.05) is 0 Å². The van der Waals surface area contributed by atoms with Crippen molar-refractivity contribution in [3.05, 3.63) is 0 Å². The fourth-order valence-electron chi connectivity index (χ4n) is 5.62. The topological polar surface area (TPSA) is 228 Å². The maximum Gasteiger partial charge on any atom is 0.340 e. The van der Waals surface area contributed by atoms with Gasteiger partial charge in [0.05, 0.1) is 31.5 Å². The van der Waals surface area contributed by atoms with E-state index < -0.39 is 104 Å². The van der Waals surface area contributed by atoms with E-state index in [9.17, 15) is 45.6 Å². The molecule has 3 fully saturated rings. The predicted molar refractivity (Wildman–Crippen MR) is 114 cm³/mol. The summed E-state index contributed by atoms with van der Waals surface area (Å²) >= 11 is 0. The first-order valence-electron chi connectivity index (χ1n) is 11.4. The Labute approximate surface area is 202 Å². The molecule has 0 aromatic carbocycles. The van der Waals surface area contributed by atoms with Crippen LogP contribution < -0.4 is 5.32 Å². The van der Waals surface area contributed by atoms with Gasteiger partial charge in [0.25, 0.3) is 0 Å². The van der Waals surface area contributed by atoms with E-state index in [1.165, 1.54) is 27.9 Å². The molecule has 35 heavy (non-hydrogen) atoms. The van der Waals surface area contributed by atoms with Crippen molar-refractivity contribution in [2.24, 2.45) is 5.92 Å². The average molecular weight is 512 g/mol. The van der Waals surface area contributed by atoms with E-state index in [-0.39, 0.29) is 0 Å². The van der Waals surface area contributed by atoms with Crippen LogP contribution in [0.1, 0.15) is 20.8 Å². The van der Waals surface area contributed by atoms with E-state index in [1.54, 1.807) is 0 Å². The standard InChI is InChI=1S/C21H37NO13/c1-8-11(26)14-21(18(30)31,34-13(8)12(27)9(25)5-23)19(2,3)35-20(7-22-14)15(28)10(6-24)33-17(32-4)16(20)29/h8-17,22-29H,5-7H2,1-4H3,(H,30,31)/t8-,9?,10?,11+,12?,13?,14?,15+,16?,17-,20+,21-/m1/s1. The molecular formula is C21H37NO13. The molecule has 3 rings (SSSR count). The van der Waals surface area contributed by atoms with Crippen LogP contribution >= 0.6 is 0 Å². The van der Waals surface area contributed by atoms with Crippen LogP contribution in [0.4, 0.5) is 0 Å². The Morgan fingerprint density at radius 1 is 1.17 bits per heavy atom. The van der Waals surface area contributed by atoms with Gasteiger partial charge in [-0.15, -0.1) is 0 Å². The van der Waals surface area contributed by atoms with Gasteiger partial charge in [0, 0.05) is 19.6 Å². The summed E-state index contributed by atoms with van der Waals surface area (Å²) in [5.41, 5.74) is -6.33. The molecule has 0 aromatic heterocycles. The van der Waals surface area contributed by atoms with Crippen molar-refractivity contribution in [1.29, 1.82) is 0 Å². The molecule has 14 nitrogen and oxygen atoms in total. The number of hydrogen-bond acceptors (Lipinski definition) is 13. The maximum atomic E-state index is 12.9. The van der Waals surface area contributed by atoms with Gasteiger partial charge in [0.15, 0.2) is 6.29 Å². The molecule has 0 saturated carbocycles. The number of carboxylic acids is 1. The number of aliphatic hydroxyl groups excluding tert-OH is 7. The molecule has 3 heterocycles. The van der Waals surface area contributed by atoms with Gasteiger partial charge in [-0.2, -0.15) is 0 Å². The second-order valence-electron chi connectivity index (χ2n) is 9.99. The van der Waals surface area contributed by atoms with Crippen molar-refractivity contribution in [1.82, 2.24) is 5.32 Å². The van der Waals surface area contributed by atoms with Crippen molar-refractivity contribution < 1.29 is 64.6 Å². The van der Waals surface area contributed by atoms with Gasteiger partial charge >= 0.3 is 5.97 Å². The van der Waals surface area contributed by atoms with E-state index >= 15 is 0 Å². The van der Waals surface area contributed by atoms with Crippen LogP contribution in [0.25, 0.3) is 0 Å². The third-order valence-electron chi connectivity index (χ3n) is 7.66. The van der Waals surface area contributed by atoms with Crippen molar-refractivity contribution in [2.45, 2.75) is 92.6 Å². The minimum Gasteiger partial charge on any atom is -0.479 e. The van der Waals surface area contributed by atoms with Crippen LogP contribution in [-0.2, 0) is 23.7 Å². The molecule has 14 heteroatoms. The van der Waals surface area contributed by atoms with E-state index in [0.717, 1.165) is 0 Å². The molecule has 3 aliphatic heterocycles. The van der Waals surface area contributed by atoms with Crippen molar-refractivity contribution in [2.75, 3.05) is 26.9 Å². The number of hydrogen-bond donors (Lipinski definition) is 9. The summed E-state index contributed by atoms with van der Waals surface area (Å²) in [7, 11) is 1.23. The number of nitrogens with one attached hydrogen (secondary N) is 1. The third kappa shape index (κ3) is 4.19. The van der Waals surface area contributed by atoms with Crippen LogP contribution in [0.5, 0.6) is 0 Å². The lowest BCUT2D eigenvalue weighted by Crippen LogP contribution is -2.77. The van der Waals surface area contributed by atoms with Gasteiger partial charge in [0.2, 0.25) is 5.60 Å². The zero-order valence-corrected chi connectivity index (χ0v) is 20.0. The quantitative estimate of drug-likeness (QED) is 0.164. The zero-order chi connectivity index (χ0) is 26.5. The largest absolute Gasteiger partial charge is 0.479 e. The first-order valence-corrected chi connectivity index (χ1v) is 11.4. The number of methoxy groups -OCH3 is 1. The average Bonchev–Trinajstić information content (AvgIpc) is 2.92. The number of carboxylic acid groups (broad SMARTS) is 1. The Kier molecular flexibility index (Phi) is 8.19. The lowest BCUT2D eigenvalue weighted by atomic mass is 9.70. The lowest BCUT2D eigenvalue weighted by molar-refractivity contribution is -0.364. The summed E-state index contributed by atoms with van der Waals surface area (Å²) in [6.45, 7) is 2.21. The summed E-state index contributed by atoms with van der Waals surface area (Å²) in [4.78, 5) is 12.9. The monoisotopic (exact) mass is 511 g/mol. The Balaban J connectivity index is 2.15.